The van der Waals surface area contributed by atoms with E-state index in [0.717, 1.165) is 11.3 Å². The van der Waals surface area contributed by atoms with Gasteiger partial charge >= 0.3 is 0 Å². The fourth-order valence-electron chi connectivity index (χ4n) is 2.09. The summed E-state index contributed by atoms with van der Waals surface area (Å²) >= 11 is 6.02. The van der Waals surface area contributed by atoms with E-state index in [1.54, 1.807) is 24.3 Å². The van der Waals surface area contributed by atoms with E-state index in [1.165, 1.54) is 16.8 Å². The molecule has 0 radical (unpaired) electrons. The second-order valence-corrected chi connectivity index (χ2v) is 5.11. The van der Waals surface area contributed by atoms with Crippen LogP contribution in [0.25, 0.3) is 16.9 Å². The van der Waals surface area contributed by atoms with Crippen molar-refractivity contribution in [1.82, 2.24) is 15.0 Å². The number of nitrogen functional groups attached to an aromatic ring is 1. The first-order chi connectivity index (χ1) is 10.1. The highest BCUT2D eigenvalue weighted by Gasteiger charge is 2.14. The second-order valence-electron chi connectivity index (χ2n) is 4.67. The van der Waals surface area contributed by atoms with Gasteiger partial charge in [-0.3, -0.25) is 0 Å². The molecule has 21 heavy (non-hydrogen) atoms. The zero-order valence-electron chi connectivity index (χ0n) is 11.2. The monoisotopic (exact) mass is 302 g/mol. The minimum absolute atomic E-state index is 0.310. The van der Waals surface area contributed by atoms with Crippen LogP contribution in [-0.4, -0.2) is 15.0 Å². The van der Waals surface area contributed by atoms with Crippen molar-refractivity contribution in [3.05, 3.63) is 58.9 Å². The lowest BCUT2D eigenvalue weighted by molar-refractivity contribution is 0.628. The van der Waals surface area contributed by atoms with Gasteiger partial charge in [-0.2, -0.15) is 4.68 Å². The third-order valence-electron chi connectivity index (χ3n) is 3.22. The summed E-state index contributed by atoms with van der Waals surface area (Å²) in [6.07, 6.45) is 0. The van der Waals surface area contributed by atoms with E-state index < -0.39 is 0 Å². The van der Waals surface area contributed by atoms with Crippen LogP contribution in [0.15, 0.2) is 42.5 Å². The van der Waals surface area contributed by atoms with E-state index in [2.05, 4.69) is 10.3 Å². The standard InChI is InChI=1S/C15H12ClFN4/c1-9-2-5-11(16)8-13(9)21-15(18)14(19-20-21)10-3-6-12(17)7-4-10/h2-8H,18H2,1H3. The number of aryl methyl sites for hydroxylation is 1. The lowest BCUT2D eigenvalue weighted by atomic mass is 10.1. The van der Waals surface area contributed by atoms with Crippen LogP contribution in [0.1, 0.15) is 5.56 Å². The SMILES string of the molecule is Cc1ccc(Cl)cc1-n1nnc(-c2ccc(F)cc2)c1N. The Bertz CT molecular complexity index is 796. The quantitative estimate of drug-likeness (QED) is 0.786. The third-order valence-corrected chi connectivity index (χ3v) is 3.46. The Morgan fingerprint density at radius 1 is 1.14 bits per heavy atom. The summed E-state index contributed by atoms with van der Waals surface area (Å²) in [4.78, 5) is 0. The molecule has 0 amide bonds. The van der Waals surface area contributed by atoms with Crippen molar-refractivity contribution in [2.45, 2.75) is 6.92 Å². The van der Waals surface area contributed by atoms with Crippen LogP contribution in [-0.2, 0) is 0 Å². The number of hydrogen-bond donors (Lipinski definition) is 1. The second kappa shape index (κ2) is 5.18. The smallest absolute Gasteiger partial charge is 0.155 e. The molecule has 0 saturated heterocycles. The molecule has 0 atom stereocenters. The molecule has 2 N–H and O–H groups in total. The predicted molar refractivity (Wildman–Crippen MR) is 80.9 cm³/mol. The first-order valence-electron chi connectivity index (χ1n) is 6.30. The Kier molecular flexibility index (Phi) is 3.35. The molecule has 0 aliphatic heterocycles. The van der Waals surface area contributed by atoms with Crippen LogP contribution < -0.4 is 5.73 Å². The van der Waals surface area contributed by atoms with Gasteiger partial charge in [-0.15, -0.1) is 5.10 Å². The molecule has 0 saturated carbocycles. The van der Waals surface area contributed by atoms with Crippen LogP contribution in [0.4, 0.5) is 10.2 Å². The largest absolute Gasteiger partial charge is 0.382 e. The fourth-order valence-corrected chi connectivity index (χ4v) is 2.26. The van der Waals surface area contributed by atoms with Crippen molar-refractivity contribution < 1.29 is 4.39 Å². The van der Waals surface area contributed by atoms with Crippen LogP contribution in [0.2, 0.25) is 5.02 Å². The molecule has 1 heterocycles. The van der Waals surface area contributed by atoms with Gasteiger partial charge in [0, 0.05) is 10.6 Å². The zero-order valence-corrected chi connectivity index (χ0v) is 12.0. The van der Waals surface area contributed by atoms with E-state index in [-0.39, 0.29) is 5.82 Å². The highest BCUT2D eigenvalue weighted by molar-refractivity contribution is 6.30. The Hall–Kier alpha value is -2.40. The zero-order chi connectivity index (χ0) is 15.0. The molecular weight excluding hydrogens is 291 g/mol. The van der Waals surface area contributed by atoms with E-state index in [4.69, 9.17) is 17.3 Å². The van der Waals surface area contributed by atoms with Gasteiger partial charge in [-0.25, -0.2) is 4.39 Å². The van der Waals surface area contributed by atoms with E-state index in [1.807, 2.05) is 13.0 Å². The highest BCUT2D eigenvalue weighted by atomic mass is 35.5. The topological polar surface area (TPSA) is 56.7 Å². The van der Waals surface area contributed by atoms with Crippen molar-refractivity contribution in [2.24, 2.45) is 0 Å². The van der Waals surface area contributed by atoms with Gasteiger partial charge in [0.05, 0.1) is 5.69 Å². The van der Waals surface area contributed by atoms with Crippen LogP contribution in [0, 0.1) is 12.7 Å². The molecule has 106 valence electrons. The van der Waals surface area contributed by atoms with Crippen molar-refractivity contribution in [3.8, 4) is 16.9 Å². The Morgan fingerprint density at radius 3 is 2.57 bits per heavy atom. The lowest BCUT2D eigenvalue weighted by Crippen LogP contribution is -2.04. The summed E-state index contributed by atoms with van der Waals surface area (Å²) in [5.41, 5.74) is 9.08. The summed E-state index contributed by atoms with van der Waals surface area (Å²) < 4.78 is 14.5. The summed E-state index contributed by atoms with van der Waals surface area (Å²) in [7, 11) is 0. The number of halogens is 2. The normalized spacial score (nSPS) is 10.8. The van der Waals surface area contributed by atoms with E-state index >= 15 is 0 Å². The van der Waals surface area contributed by atoms with Gasteiger partial charge in [-0.05, 0) is 48.9 Å². The van der Waals surface area contributed by atoms with Crippen molar-refractivity contribution in [3.63, 3.8) is 0 Å². The fraction of sp³-hybridized carbons (Fsp3) is 0.0667. The maximum atomic E-state index is 13.0. The summed E-state index contributed by atoms with van der Waals surface area (Å²) in [6.45, 7) is 1.93. The molecule has 2 aromatic carbocycles. The molecule has 1 aromatic heterocycles. The molecule has 3 aromatic rings. The number of anilines is 1. The maximum Gasteiger partial charge on any atom is 0.155 e. The van der Waals surface area contributed by atoms with Gasteiger partial charge in [-0.1, -0.05) is 22.9 Å². The van der Waals surface area contributed by atoms with Gasteiger partial charge in [0.25, 0.3) is 0 Å². The lowest BCUT2D eigenvalue weighted by Gasteiger charge is -2.07. The Morgan fingerprint density at radius 2 is 1.86 bits per heavy atom. The number of nitrogens with two attached hydrogens (primary N) is 1. The first kappa shape index (κ1) is 13.6. The van der Waals surface area contributed by atoms with Crippen molar-refractivity contribution in [1.29, 1.82) is 0 Å². The molecule has 0 fully saturated rings. The average Bonchev–Trinajstić information content (AvgIpc) is 2.84. The minimum atomic E-state index is -0.310. The predicted octanol–water partition coefficient (Wildman–Crippen LogP) is 3.62. The number of nitrogens with zero attached hydrogens (tertiary/aromatic N) is 3. The van der Waals surface area contributed by atoms with E-state index in [9.17, 15) is 4.39 Å². The molecule has 4 nitrogen and oxygen atoms in total. The van der Waals surface area contributed by atoms with Gasteiger partial charge in [0.1, 0.15) is 11.5 Å². The Balaban J connectivity index is 2.11. The summed E-state index contributed by atoms with van der Waals surface area (Å²) in [5, 5.41) is 8.75. The summed E-state index contributed by atoms with van der Waals surface area (Å²) in [5.74, 6) is 0.0716. The molecule has 6 heteroatoms. The molecule has 0 bridgehead atoms. The molecule has 3 rings (SSSR count). The summed E-state index contributed by atoms with van der Waals surface area (Å²) in [6, 6.07) is 11.4. The number of rotatable bonds is 2. The molecule has 0 unspecified atom stereocenters. The Labute approximate surface area is 126 Å². The third kappa shape index (κ3) is 2.48. The van der Waals surface area contributed by atoms with Crippen molar-refractivity contribution in [2.75, 3.05) is 5.73 Å². The van der Waals surface area contributed by atoms with Crippen LogP contribution in [0.5, 0.6) is 0 Å². The van der Waals surface area contributed by atoms with E-state index in [0.29, 0.717) is 22.1 Å². The number of aromatic nitrogens is 3. The molecule has 0 spiro atoms. The molecule has 0 aliphatic rings. The van der Waals surface area contributed by atoms with Crippen molar-refractivity contribution >= 4 is 17.4 Å². The van der Waals surface area contributed by atoms with Gasteiger partial charge in [0.15, 0.2) is 5.82 Å². The number of benzene rings is 2. The average molecular weight is 303 g/mol. The van der Waals surface area contributed by atoms with Crippen LogP contribution >= 0.6 is 11.6 Å². The van der Waals surface area contributed by atoms with Crippen LogP contribution in [0.3, 0.4) is 0 Å². The molecule has 0 aliphatic carbocycles. The first-order valence-corrected chi connectivity index (χ1v) is 6.67. The molecular formula is C15H12ClFN4. The van der Waals surface area contributed by atoms with Gasteiger partial charge in [0.2, 0.25) is 0 Å². The number of hydrogen-bond acceptors (Lipinski definition) is 3. The highest BCUT2D eigenvalue weighted by Crippen LogP contribution is 2.27. The maximum absolute atomic E-state index is 13.0. The minimum Gasteiger partial charge on any atom is -0.382 e. The van der Waals surface area contributed by atoms with Gasteiger partial charge < -0.3 is 5.73 Å².